The van der Waals surface area contributed by atoms with Gasteiger partial charge in [-0.3, -0.25) is 4.79 Å². The van der Waals surface area contributed by atoms with Crippen LogP contribution in [0.1, 0.15) is 31.1 Å². The number of benzene rings is 1. The van der Waals surface area contributed by atoms with Crippen LogP contribution in [0.15, 0.2) is 23.6 Å². The van der Waals surface area contributed by atoms with Crippen molar-refractivity contribution in [2.24, 2.45) is 0 Å². The molecule has 1 heterocycles. The molecule has 0 radical (unpaired) electrons. The molecule has 8 heteroatoms. The molecule has 0 aliphatic heterocycles. The van der Waals surface area contributed by atoms with E-state index < -0.39 is 5.97 Å². The Hall–Kier alpha value is -2.58. The fourth-order valence-electron chi connectivity index (χ4n) is 2.54. The van der Waals surface area contributed by atoms with E-state index in [4.69, 9.17) is 14.2 Å². The number of esters is 1. The van der Waals surface area contributed by atoms with Gasteiger partial charge in [0.25, 0.3) is 0 Å². The van der Waals surface area contributed by atoms with Gasteiger partial charge in [-0.2, -0.15) is 0 Å². The van der Waals surface area contributed by atoms with Crippen molar-refractivity contribution in [1.29, 1.82) is 0 Å². The third-order valence-electron chi connectivity index (χ3n) is 3.89. The number of nitrogens with one attached hydrogen (secondary N) is 2. The summed E-state index contributed by atoms with van der Waals surface area (Å²) < 4.78 is 15.8. The maximum atomic E-state index is 12.6. The standard InChI is InChI=1S/C20H26N2O5S/c1-6-27-20(24)18-14(13-7-8-15(25-4)16(9-13)26-5)11-28-19(18)22-17(23)10-21-12(2)3/h7-9,11-12,21H,6,10H2,1-5H3,(H,22,23). The van der Waals surface area contributed by atoms with Gasteiger partial charge >= 0.3 is 5.97 Å². The molecule has 7 nitrogen and oxygen atoms in total. The zero-order valence-corrected chi connectivity index (χ0v) is 17.6. The lowest BCUT2D eigenvalue weighted by atomic mass is 10.0. The van der Waals surface area contributed by atoms with Gasteiger partial charge in [-0.05, 0) is 24.6 Å². The molecule has 0 saturated carbocycles. The molecule has 0 aliphatic rings. The summed E-state index contributed by atoms with van der Waals surface area (Å²) in [5, 5.41) is 8.13. The van der Waals surface area contributed by atoms with Crippen LogP contribution >= 0.6 is 11.3 Å². The van der Waals surface area contributed by atoms with Crippen LogP contribution in [-0.2, 0) is 9.53 Å². The Morgan fingerprint density at radius 1 is 1.14 bits per heavy atom. The van der Waals surface area contributed by atoms with Gasteiger partial charge < -0.3 is 24.8 Å². The van der Waals surface area contributed by atoms with E-state index in [9.17, 15) is 9.59 Å². The molecule has 0 unspecified atom stereocenters. The second-order valence-corrected chi connectivity index (χ2v) is 7.11. The minimum absolute atomic E-state index is 0.156. The quantitative estimate of drug-likeness (QED) is 0.620. The molecule has 1 aromatic heterocycles. The molecule has 2 aromatic rings. The molecule has 0 aliphatic carbocycles. The molecule has 28 heavy (non-hydrogen) atoms. The minimum Gasteiger partial charge on any atom is -0.493 e. The zero-order valence-electron chi connectivity index (χ0n) is 16.8. The Bertz CT molecular complexity index is 832. The van der Waals surface area contributed by atoms with Crippen LogP contribution in [-0.4, -0.2) is 45.3 Å². The molecular weight excluding hydrogens is 380 g/mol. The number of carbonyl (C=O) groups is 2. The lowest BCUT2D eigenvalue weighted by Crippen LogP contribution is -2.32. The molecule has 2 N–H and O–H groups in total. The normalized spacial score (nSPS) is 10.6. The van der Waals surface area contributed by atoms with E-state index in [1.807, 2.05) is 25.3 Å². The summed E-state index contributed by atoms with van der Waals surface area (Å²) in [6, 6.07) is 5.57. The molecule has 1 amide bonds. The van der Waals surface area contributed by atoms with Crippen LogP contribution in [0, 0.1) is 0 Å². The molecule has 0 fully saturated rings. The summed E-state index contributed by atoms with van der Waals surface area (Å²) in [5.74, 6) is 0.431. The third kappa shape index (κ3) is 5.24. The number of hydrogen-bond acceptors (Lipinski definition) is 7. The number of rotatable bonds is 9. The number of carbonyl (C=O) groups excluding carboxylic acids is 2. The van der Waals surface area contributed by atoms with Crippen LogP contribution < -0.4 is 20.1 Å². The molecule has 0 bridgehead atoms. The van der Waals surface area contributed by atoms with Crippen molar-refractivity contribution >= 4 is 28.2 Å². The second-order valence-electron chi connectivity index (χ2n) is 6.23. The van der Waals surface area contributed by atoms with Crippen LogP contribution in [0.3, 0.4) is 0 Å². The van der Waals surface area contributed by atoms with Crippen LogP contribution in [0.25, 0.3) is 11.1 Å². The summed E-state index contributed by atoms with van der Waals surface area (Å²) in [6.07, 6.45) is 0. The molecule has 152 valence electrons. The number of hydrogen-bond donors (Lipinski definition) is 2. The van der Waals surface area contributed by atoms with Crippen molar-refractivity contribution in [2.75, 3.05) is 32.7 Å². The largest absolute Gasteiger partial charge is 0.493 e. The average Bonchev–Trinajstić information content (AvgIpc) is 3.09. The number of anilines is 1. The third-order valence-corrected chi connectivity index (χ3v) is 4.78. The van der Waals surface area contributed by atoms with Gasteiger partial charge in [-0.15, -0.1) is 11.3 Å². The van der Waals surface area contributed by atoms with Crippen LogP contribution in [0.5, 0.6) is 11.5 Å². The van der Waals surface area contributed by atoms with E-state index in [1.165, 1.54) is 11.3 Å². The first-order valence-electron chi connectivity index (χ1n) is 8.95. The number of thiophene rings is 1. The molecule has 0 atom stereocenters. The van der Waals surface area contributed by atoms with Gasteiger partial charge in [0, 0.05) is 17.0 Å². The predicted octanol–water partition coefficient (Wildman–Crippen LogP) is 3.55. The number of ether oxygens (including phenoxy) is 3. The zero-order chi connectivity index (χ0) is 20.7. The second kappa shape index (κ2) is 10.1. The maximum Gasteiger partial charge on any atom is 0.341 e. The summed E-state index contributed by atoms with van der Waals surface area (Å²) >= 11 is 1.28. The van der Waals surface area contributed by atoms with E-state index in [2.05, 4.69) is 10.6 Å². The first-order valence-corrected chi connectivity index (χ1v) is 9.83. The fourth-order valence-corrected chi connectivity index (χ4v) is 3.51. The minimum atomic E-state index is -0.486. The van der Waals surface area contributed by atoms with Crippen LogP contribution in [0.2, 0.25) is 0 Å². The SMILES string of the molecule is CCOC(=O)c1c(-c2ccc(OC)c(OC)c2)csc1NC(=O)CNC(C)C. The highest BCUT2D eigenvalue weighted by Gasteiger charge is 2.23. The Labute approximate surface area is 169 Å². The van der Waals surface area contributed by atoms with Crippen molar-refractivity contribution in [2.45, 2.75) is 26.8 Å². The molecule has 1 aromatic carbocycles. The van der Waals surface area contributed by atoms with Gasteiger partial charge in [0.1, 0.15) is 10.6 Å². The molecule has 0 spiro atoms. The smallest absolute Gasteiger partial charge is 0.341 e. The molecular formula is C20H26N2O5S. The molecule has 2 rings (SSSR count). The van der Waals surface area contributed by atoms with Crippen molar-refractivity contribution in [3.8, 4) is 22.6 Å². The van der Waals surface area contributed by atoms with Crippen molar-refractivity contribution in [3.63, 3.8) is 0 Å². The highest BCUT2D eigenvalue weighted by molar-refractivity contribution is 7.15. The topological polar surface area (TPSA) is 85.9 Å². The number of amides is 1. The van der Waals surface area contributed by atoms with Crippen LogP contribution in [0.4, 0.5) is 5.00 Å². The monoisotopic (exact) mass is 406 g/mol. The predicted molar refractivity (Wildman–Crippen MR) is 111 cm³/mol. The first kappa shape index (κ1) is 21.7. The van der Waals surface area contributed by atoms with E-state index in [0.717, 1.165) is 5.56 Å². The van der Waals surface area contributed by atoms with Gasteiger partial charge in [-0.1, -0.05) is 19.9 Å². The van der Waals surface area contributed by atoms with Gasteiger partial charge in [0.2, 0.25) is 5.91 Å². The molecule has 0 saturated heterocycles. The van der Waals surface area contributed by atoms with E-state index in [1.54, 1.807) is 33.3 Å². The lowest BCUT2D eigenvalue weighted by molar-refractivity contribution is -0.115. The summed E-state index contributed by atoms with van der Waals surface area (Å²) in [5.41, 5.74) is 1.76. The van der Waals surface area contributed by atoms with E-state index in [-0.39, 0.29) is 25.1 Å². The van der Waals surface area contributed by atoms with E-state index >= 15 is 0 Å². The van der Waals surface area contributed by atoms with E-state index in [0.29, 0.717) is 27.6 Å². The Kier molecular flexibility index (Phi) is 7.83. The van der Waals surface area contributed by atoms with Crippen molar-refractivity contribution in [3.05, 3.63) is 29.1 Å². The van der Waals surface area contributed by atoms with Crippen molar-refractivity contribution < 1.29 is 23.8 Å². The highest BCUT2D eigenvalue weighted by Crippen LogP contribution is 2.39. The lowest BCUT2D eigenvalue weighted by Gasteiger charge is -2.12. The first-order chi connectivity index (χ1) is 13.4. The maximum absolute atomic E-state index is 12.6. The fraction of sp³-hybridized carbons (Fsp3) is 0.400. The Balaban J connectivity index is 2.41. The summed E-state index contributed by atoms with van der Waals surface area (Å²) in [7, 11) is 3.11. The van der Waals surface area contributed by atoms with Crippen molar-refractivity contribution in [1.82, 2.24) is 5.32 Å². The highest BCUT2D eigenvalue weighted by atomic mass is 32.1. The van der Waals surface area contributed by atoms with Gasteiger partial charge in [0.05, 0.1) is 27.4 Å². The Morgan fingerprint density at radius 3 is 2.46 bits per heavy atom. The number of methoxy groups -OCH3 is 2. The Morgan fingerprint density at radius 2 is 1.86 bits per heavy atom. The average molecular weight is 407 g/mol. The summed E-state index contributed by atoms with van der Waals surface area (Å²) in [4.78, 5) is 24.8. The summed E-state index contributed by atoms with van der Waals surface area (Å²) in [6.45, 7) is 6.05. The van der Waals surface area contributed by atoms with Gasteiger partial charge in [-0.25, -0.2) is 4.79 Å². The van der Waals surface area contributed by atoms with Gasteiger partial charge in [0.15, 0.2) is 11.5 Å².